The highest BCUT2D eigenvalue weighted by Gasteiger charge is 2.31. The van der Waals surface area contributed by atoms with Crippen molar-refractivity contribution in [3.8, 4) is 11.1 Å². The fraction of sp³-hybridized carbons (Fsp3) is 0.481. The second-order valence-corrected chi connectivity index (χ2v) is 9.11. The van der Waals surface area contributed by atoms with Gasteiger partial charge >= 0.3 is 5.97 Å². The molecule has 1 aliphatic carbocycles. The molecule has 0 spiro atoms. The lowest BCUT2D eigenvalue weighted by atomic mass is 9.88. The Bertz CT molecular complexity index is 1010. The maximum Gasteiger partial charge on any atom is 0.308 e. The highest BCUT2D eigenvalue weighted by atomic mass is 19.1. The van der Waals surface area contributed by atoms with Crippen molar-refractivity contribution >= 4 is 12.0 Å². The molecule has 0 radical (unpaired) electrons. The zero-order valence-corrected chi connectivity index (χ0v) is 20.3. The maximum atomic E-state index is 13.7. The van der Waals surface area contributed by atoms with E-state index in [1.165, 1.54) is 19.2 Å². The van der Waals surface area contributed by atoms with Gasteiger partial charge in [0, 0.05) is 36.3 Å². The van der Waals surface area contributed by atoms with Crippen LogP contribution in [0.4, 0.5) is 4.39 Å². The lowest BCUT2D eigenvalue weighted by molar-refractivity contribution is -0.143. The average Bonchev–Trinajstić information content (AvgIpc) is 3.63. The van der Waals surface area contributed by atoms with E-state index in [-0.39, 0.29) is 24.6 Å². The molecular formula is C27H34FNO5. The lowest BCUT2D eigenvalue weighted by Crippen LogP contribution is -2.20. The summed E-state index contributed by atoms with van der Waals surface area (Å²) in [6.07, 6.45) is 3.38. The number of benzene rings is 1. The third-order valence-corrected chi connectivity index (χ3v) is 5.96. The third-order valence-electron chi connectivity index (χ3n) is 5.96. The van der Waals surface area contributed by atoms with Crippen molar-refractivity contribution in [1.29, 1.82) is 0 Å². The van der Waals surface area contributed by atoms with Gasteiger partial charge in [-0.15, -0.1) is 0 Å². The maximum absolute atomic E-state index is 13.7. The smallest absolute Gasteiger partial charge is 0.308 e. The number of esters is 1. The number of carbonyl (C=O) groups excluding carboxylic acids is 1. The number of methoxy groups -OCH3 is 2. The number of hydrogen-bond donors (Lipinski definition) is 2. The van der Waals surface area contributed by atoms with Gasteiger partial charge in [0.05, 0.1) is 38.0 Å². The minimum absolute atomic E-state index is 0.00694. The van der Waals surface area contributed by atoms with Crippen LogP contribution in [0.15, 0.2) is 30.3 Å². The van der Waals surface area contributed by atoms with Gasteiger partial charge in [-0.25, -0.2) is 4.39 Å². The second-order valence-electron chi connectivity index (χ2n) is 9.11. The monoisotopic (exact) mass is 471 g/mol. The molecule has 184 valence electrons. The first-order valence-corrected chi connectivity index (χ1v) is 11.7. The minimum atomic E-state index is -1.02. The van der Waals surface area contributed by atoms with Gasteiger partial charge in [-0.05, 0) is 42.0 Å². The van der Waals surface area contributed by atoms with Crippen LogP contribution in [0.1, 0.15) is 73.9 Å². The van der Waals surface area contributed by atoms with Crippen molar-refractivity contribution in [1.82, 2.24) is 4.98 Å². The van der Waals surface area contributed by atoms with Crippen molar-refractivity contribution in [3.05, 3.63) is 58.7 Å². The number of aliphatic hydroxyl groups excluding tert-OH is 2. The molecular weight excluding hydrogens is 437 g/mol. The van der Waals surface area contributed by atoms with E-state index in [1.807, 2.05) is 6.08 Å². The number of halogens is 1. The van der Waals surface area contributed by atoms with Crippen molar-refractivity contribution < 1.29 is 28.9 Å². The summed E-state index contributed by atoms with van der Waals surface area (Å²) in [5, 5.41) is 20.6. The van der Waals surface area contributed by atoms with E-state index in [2.05, 4.69) is 18.6 Å². The standard InChI is InChI=1S/C27H34FNO5/c1-16(2)26-22(12-11-20(30)13-21(31)14-24(32)34-4)25(17-7-9-19(28)10-8-17)23(15-33-3)27(29-26)18-5-6-18/h7-12,16,18,20-21,30-31H,5-6,13-15H2,1-4H3. The van der Waals surface area contributed by atoms with Crippen molar-refractivity contribution in [3.63, 3.8) is 0 Å². The lowest BCUT2D eigenvalue weighted by Gasteiger charge is -2.22. The molecule has 34 heavy (non-hydrogen) atoms. The largest absolute Gasteiger partial charge is 0.469 e. The Labute approximate surface area is 200 Å². The predicted molar refractivity (Wildman–Crippen MR) is 129 cm³/mol. The van der Waals surface area contributed by atoms with Gasteiger partial charge in [-0.3, -0.25) is 9.78 Å². The first kappa shape index (κ1) is 26.0. The first-order valence-electron chi connectivity index (χ1n) is 11.7. The van der Waals surface area contributed by atoms with Gasteiger partial charge in [0.2, 0.25) is 0 Å². The number of nitrogens with zero attached hydrogens (tertiary/aromatic N) is 1. The molecule has 1 aliphatic rings. The summed E-state index contributed by atoms with van der Waals surface area (Å²) in [5.74, 6) is -0.355. The van der Waals surface area contributed by atoms with Gasteiger partial charge in [-0.1, -0.05) is 38.1 Å². The summed E-state index contributed by atoms with van der Waals surface area (Å²) in [6, 6.07) is 6.37. The third kappa shape index (κ3) is 6.50. The van der Waals surface area contributed by atoms with E-state index in [4.69, 9.17) is 9.72 Å². The van der Waals surface area contributed by atoms with E-state index >= 15 is 0 Å². The average molecular weight is 472 g/mol. The molecule has 3 rings (SSSR count). The van der Waals surface area contributed by atoms with Gasteiger partial charge in [0.1, 0.15) is 5.82 Å². The molecule has 2 aromatic rings. The molecule has 0 bridgehead atoms. The van der Waals surface area contributed by atoms with Gasteiger partial charge in [0.15, 0.2) is 0 Å². The molecule has 0 saturated heterocycles. The number of rotatable bonds is 11. The van der Waals surface area contributed by atoms with E-state index in [0.717, 1.165) is 46.5 Å². The summed E-state index contributed by atoms with van der Waals surface area (Å²) in [6.45, 7) is 4.50. The van der Waals surface area contributed by atoms with Crippen LogP contribution >= 0.6 is 0 Å². The summed E-state index contributed by atoms with van der Waals surface area (Å²) in [4.78, 5) is 16.4. The Hall–Kier alpha value is -2.61. The fourth-order valence-electron chi connectivity index (χ4n) is 4.14. The highest BCUT2D eigenvalue weighted by Crippen LogP contribution is 2.45. The van der Waals surface area contributed by atoms with Crippen LogP contribution in [0.2, 0.25) is 0 Å². The molecule has 1 aromatic carbocycles. The molecule has 7 heteroatoms. The van der Waals surface area contributed by atoms with Crippen molar-refractivity contribution in [2.75, 3.05) is 14.2 Å². The Morgan fingerprint density at radius 3 is 2.44 bits per heavy atom. The van der Waals surface area contributed by atoms with Gasteiger partial charge < -0.3 is 19.7 Å². The number of aromatic nitrogens is 1. The Balaban J connectivity index is 2.08. The van der Waals surface area contributed by atoms with Crippen molar-refractivity contribution in [2.45, 2.75) is 70.2 Å². The summed E-state index contributed by atoms with van der Waals surface area (Å²) in [5.41, 5.74) is 5.48. The number of ether oxygens (including phenoxy) is 2. The van der Waals surface area contributed by atoms with Crippen LogP contribution in [-0.4, -0.2) is 47.6 Å². The van der Waals surface area contributed by atoms with Crippen LogP contribution < -0.4 is 0 Å². The van der Waals surface area contributed by atoms with E-state index in [9.17, 15) is 19.4 Å². The van der Waals surface area contributed by atoms with Crippen molar-refractivity contribution in [2.24, 2.45) is 0 Å². The normalized spacial score (nSPS) is 15.6. The molecule has 6 nitrogen and oxygen atoms in total. The minimum Gasteiger partial charge on any atom is -0.469 e. The molecule has 1 heterocycles. The number of aliphatic hydroxyl groups is 2. The molecule has 2 atom stereocenters. The van der Waals surface area contributed by atoms with Crippen LogP contribution in [0, 0.1) is 5.82 Å². The Kier molecular flexibility index (Phi) is 8.94. The molecule has 0 amide bonds. The quantitative estimate of drug-likeness (QED) is 0.461. The topological polar surface area (TPSA) is 88.9 Å². The zero-order chi connectivity index (χ0) is 24.8. The van der Waals surface area contributed by atoms with E-state index in [1.54, 1.807) is 25.3 Å². The zero-order valence-electron chi connectivity index (χ0n) is 20.3. The summed E-state index contributed by atoms with van der Waals surface area (Å²) < 4.78 is 23.8. The molecule has 1 saturated carbocycles. The Morgan fingerprint density at radius 2 is 1.88 bits per heavy atom. The fourth-order valence-corrected chi connectivity index (χ4v) is 4.14. The summed E-state index contributed by atoms with van der Waals surface area (Å²) >= 11 is 0. The summed E-state index contributed by atoms with van der Waals surface area (Å²) in [7, 11) is 2.90. The SMILES string of the molecule is COCc1c(C2CC2)nc(C(C)C)c(C=CC(O)CC(O)CC(=O)OC)c1-c1ccc(F)cc1. The molecule has 2 unspecified atom stereocenters. The first-order chi connectivity index (χ1) is 16.2. The van der Waals surface area contributed by atoms with E-state index in [0.29, 0.717) is 12.5 Å². The van der Waals surface area contributed by atoms with E-state index < -0.39 is 18.2 Å². The number of pyridine rings is 1. The molecule has 0 aliphatic heterocycles. The van der Waals surface area contributed by atoms with Gasteiger partial charge in [0.25, 0.3) is 0 Å². The molecule has 1 fully saturated rings. The van der Waals surface area contributed by atoms with Crippen LogP contribution in [-0.2, 0) is 20.9 Å². The second kappa shape index (κ2) is 11.7. The predicted octanol–water partition coefficient (Wildman–Crippen LogP) is 4.72. The highest BCUT2D eigenvalue weighted by molar-refractivity contribution is 5.80. The van der Waals surface area contributed by atoms with Crippen LogP contribution in [0.5, 0.6) is 0 Å². The molecule has 1 aromatic heterocycles. The molecule has 2 N–H and O–H groups in total. The van der Waals surface area contributed by atoms with Crippen LogP contribution in [0.25, 0.3) is 17.2 Å². The number of hydrogen-bond acceptors (Lipinski definition) is 6. The number of carbonyl (C=O) groups is 1. The van der Waals surface area contributed by atoms with Crippen LogP contribution in [0.3, 0.4) is 0 Å². The Morgan fingerprint density at radius 1 is 1.21 bits per heavy atom. The van der Waals surface area contributed by atoms with Gasteiger partial charge in [-0.2, -0.15) is 0 Å².